The van der Waals surface area contributed by atoms with Crippen molar-refractivity contribution in [3.05, 3.63) is 42.1 Å². The standard InChI is InChI=1S/C14H17NO3S/c1-14(2,19(3,17)18)13(16)11-6-7-12-10(9-11)5-4-8-15-12/h4-9,13,16H,1-3H3. The van der Waals surface area contributed by atoms with Crippen molar-refractivity contribution < 1.29 is 13.5 Å². The Morgan fingerprint density at radius 3 is 2.58 bits per heavy atom. The van der Waals surface area contributed by atoms with Crippen LogP contribution in [0.25, 0.3) is 10.9 Å². The number of hydrogen-bond donors (Lipinski definition) is 1. The van der Waals surface area contributed by atoms with Crippen molar-refractivity contribution >= 4 is 20.7 Å². The Morgan fingerprint density at radius 2 is 1.95 bits per heavy atom. The largest absolute Gasteiger partial charge is 0.387 e. The number of aliphatic hydroxyl groups excluding tert-OH is 1. The molecule has 0 saturated heterocycles. The molecule has 2 aromatic rings. The summed E-state index contributed by atoms with van der Waals surface area (Å²) in [5.41, 5.74) is 1.39. The molecule has 4 nitrogen and oxygen atoms in total. The van der Waals surface area contributed by atoms with Crippen LogP contribution >= 0.6 is 0 Å². The fourth-order valence-electron chi connectivity index (χ4n) is 1.87. The van der Waals surface area contributed by atoms with Crippen molar-refractivity contribution in [3.63, 3.8) is 0 Å². The van der Waals surface area contributed by atoms with Gasteiger partial charge in [-0.15, -0.1) is 0 Å². The van der Waals surface area contributed by atoms with Gasteiger partial charge in [-0.1, -0.05) is 12.1 Å². The highest BCUT2D eigenvalue weighted by molar-refractivity contribution is 7.92. The Morgan fingerprint density at radius 1 is 1.26 bits per heavy atom. The highest BCUT2D eigenvalue weighted by Gasteiger charge is 2.38. The molecule has 0 amide bonds. The van der Waals surface area contributed by atoms with E-state index in [-0.39, 0.29) is 0 Å². The van der Waals surface area contributed by atoms with E-state index in [1.807, 2.05) is 6.07 Å². The van der Waals surface area contributed by atoms with Crippen LogP contribution in [0.1, 0.15) is 25.5 Å². The topological polar surface area (TPSA) is 67.3 Å². The van der Waals surface area contributed by atoms with Gasteiger partial charge >= 0.3 is 0 Å². The highest BCUT2D eigenvalue weighted by Crippen LogP contribution is 2.33. The first-order chi connectivity index (χ1) is 8.73. The molecular weight excluding hydrogens is 262 g/mol. The molecule has 1 atom stereocenters. The molecule has 1 N–H and O–H groups in total. The lowest BCUT2D eigenvalue weighted by Gasteiger charge is -2.29. The number of hydrogen-bond acceptors (Lipinski definition) is 4. The van der Waals surface area contributed by atoms with Gasteiger partial charge in [-0.05, 0) is 37.6 Å². The molecule has 102 valence electrons. The van der Waals surface area contributed by atoms with Gasteiger partial charge in [0.1, 0.15) is 0 Å². The van der Waals surface area contributed by atoms with Gasteiger partial charge in [0.25, 0.3) is 0 Å². The quantitative estimate of drug-likeness (QED) is 0.934. The Labute approximate surface area is 113 Å². The number of benzene rings is 1. The van der Waals surface area contributed by atoms with E-state index in [0.29, 0.717) is 5.56 Å². The number of nitrogens with zero attached hydrogens (tertiary/aromatic N) is 1. The first-order valence-electron chi connectivity index (χ1n) is 5.96. The average molecular weight is 279 g/mol. The summed E-state index contributed by atoms with van der Waals surface area (Å²) < 4.78 is 22.3. The van der Waals surface area contributed by atoms with Crippen LogP contribution in [0.15, 0.2) is 36.5 Å². The SMILES string of the molecule is CC(C)(C(O)c1ccc2ncccc2c1)S(C)(=O)=O. The molecule has 0 radical (unpaired) electrons. The maximum absolute atomic E-state index is 11.8. The van der Waals surface area contributed by atoms with Gasteiger partial charge in [0.05, 0.1) is 16.4 Å². The van der Waals surface area contributed by atoms with Crippen LogP contribution in [0.5, 0.6) is 0 Å². The summed E-state index contributed by atoms with van der Waals surface area (Å²) in [4.78, 5) is 4.19. The normalized spacial score (nSPS) is 14.5. The van der Waals surface area contributed by atoms with Gasteiger partial charge in [-0.25, -0.2) is 8.42 Å². The van der Waals surface area contributed by atoms with Crippen LogP contribution in [-0.2, 0) is 9.84 Å². The van der Waals surface area contributed by atoms with E-state index in [0.717, 1.165) is 17.2 Å². The van der Waals surface area contributed by atoms with E-state index in [4.69, 9.17) is 0 Å². The van der Waals surface area contributed by atoms with Gasteiger partial charge in [0.2, 0.25) is 0 Å². The molecule has 0 aliphatic carbocycles. The number of rotatable bonds is 3. The molecule has 0 aliphatic heterocycles. The van der Waals surface area contributed by atoms with Gasteiger partial charge < -0.3 is 5.11 Å². The molecule has 1 unspecified atom stereocenters. The van der Waals surface area contributed by atoms with E-state index in [1.165, 1.54) is 13.8 Å². The first kappa shape index (κ1) is 14.0. The fraction of sp³-hybridized carbons (Fsp3) is 0.357. The number of sulfone groups is 1. The summed E-state index contributed by atoms with van der Waals surface area (Å²) in [6.07, 6.45) is 1.75. The van der Waals surface area contributed by atoms with E-state index < -0.39 is 20.7 Å². The van der Waals surface area contributed by atoms with E-state index in [1.54, 1.807) is 30.5 Å². The maximum atomic E-state index is 11.8. The monoisotopic (exact) mass is 279 g/mol. The van der Waals surface area contributed by atoms with Gasteiger partial charge in [0.15, 0.2) is 9.84 Å². The second-order valence-electron chi connectivity index (χ2n) is 5.23. The molecule has 1 aromatic carbocycles. The molecule has 2 rings (SSSR count). The second-order valence-corrected chi connectivity index (χ2v) is 7.83. The van der Waals surface area contributed by atoms with Crippen LogP contribution in [0.4, 0.5) is 0 Å². The molecule has 0 fully saturated rings. The zero-order chi connectivity index (χ0) is 14.3. The molecule has 0 aliphatic rings. The van der Waals surface area contributed by atoms with Crippen LogP contribution in [0.2, 0.25) is 0 Å². The van der Waals surface area contributed by atoms with Crippen molar-refractivity contribution in [2.45, 2.75) is 24.7 Å². The van der Waals surface area contributed by atoms with Crippen molar-refractivity contribution in [2.24, 2.45) is 0 Å². The summed E-state index contributed by atoms with van der Waals surface area (Å²) in [6.45, 7) is 3.06. The van der Waals surface area contributed by atoms with Crippen LogP contribution < -0.4 is 0 Å². The van der Waals surface area contributed by atoms with E-state index in [9.17, 15) is 13.5 Å². The minimum Gasteiger partial charge on any atom is -0.387 e. The van der Waals surface area contributed by atoms with Crippen molar-refractivity contribution in [3.8, 4) is 0 Å². The molecule has 1 aromatic heterocycles. The minimum atomic E-state index is -3.37. The predicted octanol–water partition coefficient (Wildman–Crippen LogP) is 2.09. The lowest BCUT2D eigenvalue weighted by Crippen LogP contribution is -2.37. The van der Waals surface area contributed by atoms with Crippen LogP contribution in [0.3, 0.4) is 0 Å². The third-order valence-electron chi connectivity index (χ3n) is 3.56. The summed E-state index contributed by atoms with van der Waals surface area (Å²) in [5, 5.41) is 11.2. The Kier molecular flexibility index (Phi) is 3.36. The molecule has 1 heterocycles. The first-order valence-corrected chi connectivity index (χ1v) is 7.85. The van der Waals surface area contributed by atoms with E-state index >= 15 is 0 Å². The Balaban J connectivity index is 2.50. The molecule has 19 heavy (non-hydrogen) atoms. The molecule has 0 saturated carbocycles. The summed E-state index contributed by atoms with van der Waals surface area (Å²) in [6, 6.07) is 8.96. The highest BCUT2D eigenvalue weighted by atomic mass is 32.2. The zero-order valence-corrected chi connectivity index (χ0v) is 12.0. The summed E-state index contributed by atoms with van der Waals surface area (Å²) in [5.74, 6) is 0. The fourth-order valence-corrected chi connectivity index (χ4v) is 2.41. The van der Waals surface area contributed by atoms with E-state index in [2.05, 4.69) is 4.98 Å². The van der Waals surface area contributed by atoms with Gasteiger partial charge in [0, 0.05) is 17.8 Å². The van der Waals surface area contributed by atoms with Gasteiger partial charge in [-0.3, -0.25) is 4.98 Å². The Bertz CT molecular complexity index is 707. The molecule has 0 spiro atoms. The van der Waals surface area contributed by atoms with Gasteiger partial charge in [-0.2, -0.15) is 0 Å². The van der Waals surface area contributed by atoms with Crippen LogP contribution in [-0.4, -0.2) is 29.5 Å². The van der Waals surface area contributed by atoms with Crippen LogP contribution in [0, 0.1) is 0 Å². The third kappa shape index (κ3) is 2.48. The second kappa shape index (κ2) is 4.58. The van der Waals surface area contributed by atoms with Crippen molar-refractivity contribution in [1.29, 1.82) is 0 Å². The summed E-state index contributed by atoms with van der Waals surface area (Å²) in [7, 11) is -3.37. The molecule has 5 heteroatoms. The molecule has 0 bridgehead atoms. The van der Waals surface area contributed by atoms with Crippen molar-refractivity contribution in [2.75, 3.05) is 6.26 Å². The zero-order valence-electron chi connectivity index (χ0n) is 11.2. The maximum Gasteiger partial charge on any atom is 0.155 e. The third-order valence-corrected chi connectivity index (χ3v) is 5.69. The Hall–Kier alpha value is -1.46. The number of aromatic nitrogens is 1. The smallest absolute Gasteiger partial charge is 0.155 e. The average Bonchev–Trinajstić information content (AvgIpc) is 2.36. The number of aliphatic hydroxyl groups is 1. The molecular formula is C14H17NO3S. The summed E-state index contributed by atoms with van der Waals surface area (Å²) >= 11 is 0. The number of fused-ring (bicyclic) bond motifs is 1. The predicted molar refractivity (Wildman–Crippen MR) is 75.6 cm³/mol. The number of pyridine rings is 1. The minimum absolute atomic E-state index is 0.580. The van der Waals surface area contributed by atoms with Crippen molar-refractivity contribution in [1.82, 2.24) is 4.98 Å². The lowest BCUT2D eigenvalue weighted by molar-refractivity contribution is 0.139. The lowest BCUT2D eigenvalue weighted by atomic mass is 9.97.